The minimum atomic E-state index is -0.265. The summed E-state index contributed by atoms with van der Waals surface area (Å²) in [7, 11) is 3.58. The number of aliphatic imine (C=N–C) groups is 1. The summed E-state index contributed by atoms with van der Waals surface area (Å²) in [6.45, 7) is 1.94. The molecule has 134 valence electrons. The minimum absolute atomic E-state index is 0.136. The van der Waals surface area contributed by atoms with E-state index in [9.17, 15) is 4.39 Å². The zero-order valence-electron chi connectivity index (χ0n) is 15.0. The third-order valence-corrected chi connectivity index (χ3v) is 4.22. The van der Waals surface area contributed by atoms with Crippen LogP contribution in [0, 0.1) is 5.82 Å². The van der Waals surface area contributed by atoms with Crippen LogP contribution in [0.15, 0.2) is 64.1 Å². The second kappa shape index (κ2) is 7.39. The average Bonchev–Trinajstić information content (AvgIpc) is 3.10. The van der Waals surface area contributed by atoms with Crippen molar-refractivity contribution in [1.29, 1.82) is 0 Å². The highest BCUT2D eigenvalue weighted by atomic mass is 19.1. The molecule has 0 aliphatic carbocycles. The highest BCUT2D eigenvalue weighted by Gasteiger charge is 2.16. The van der Waals surface area contributed by atoms with Gasteiger partial charge in [0.2, 0.25) is 0 Å². The van der Waals surface area contributed by atoms with Crippen molar-refractivity contribution in [2.75, 3.05) is 14.1 Å². The van der Waals surface area contributed by atoms with Crippen LogP contribution in [0.4, 0.5) is 10.3 Å². The molecule has 2 aromatic carbocycles. The molecule has 0 bridgehead atoms. The molecule has 2 N–H and O–H groups in total. The topological polar surface area (TPSA) is 67.7 Å². The lowest BCUT2D eigenvalue weighted by Gasteiger charge is -2.11. The maximum atomic E-state index is 14.6. The lowest BCUT2D eigenvalue weighted by molar-refractivity contribution is 0.418. The summed E-state index contributed by atoms with van der Waals surface area (Å²) >= 11 is 0. The largest absolute Gasteiger partial charge is 0.369 e. The van der Waals surface area contributed by atoms with Crippen molar-refractivity contribution >= 4 is 11.8 Å². The lowest BCUT2D eigenvalue weighted by atomic mass is 9.95. The van der Waals surface area contributed by atoms with E-state index in [0.29, 0.717) is 23.1 Å². The molecule has 0 aliphatic heterocycles. The molecule has 0 spiro atoms. The van der Waals surface area contributed by atoms with Crippen molar-refractivity contribution in [2.45, 2.75) is 12.8 Å². The number of nitrogens with zero attached hydrogens (tertiary/aromatic N) is 3. The molecule has 0 radical (unpaired) electrons. The molecule has 1 unspecified atom stereocenters. The van der Waals surface area contributed by atoms with E-state index in [4.69, 9.17) is 10.3 Å². The first-order valence-electron chi connectivity index (χ1n) is 8.28. The maximum absolute atomic E-state index is 14.6. The molecule has 0 aliphatic rings. The van der Waals surface area contributed by atoms with Gasteiger partial charge in [-0.1, -0.05) is 54.5 Å². The van der Waals surface area contributed by atoms with Gasteiger partial charge in [0, 0.05) is 31.6 Å². The molecule has 0 fully saturated rings. The SMILES string of the molecule is CC(c1ccc(-c2ccccc2)c(F)c1)c1cc(/N=C(\N)N(C)C)on1. The van der Waals surface area contributed by atoms with Crippen LogP contribution in [-0.4, -0.2) is 30.1 Å². The molecular formula is C20H21FN4O. The number of nitrogens with two attached hydrogens (primary N) is 1. The van der Waals surface area contributed by atoms with Crippen LogP contribution in [-0.2, 0) is 0 Å². The van der Waals surface area contributed by atoms with Gasteiger partial charge >= 0.3 is 0 Å². The van der Waals surface area contributed by atoms with E-state index in [1.807, 2.05) is 43.3 Å². The first-order chi connectivity index (χ1) is 12.5. The molecule has 6 heteroatoms. The number of hydrogen-bond donors (Lipinski definition) is 1. The molecule has 1 aromatic heterocycles. The Morgan fingerprint density at radius 3 is 2.54 bits per heavy atom. The highest BCUT2D eigenvalue weighted by molar-refractivity contribution is 5.79. The van der Waals surface area contributed by atoms with E-state index in [2.05, 4.69) is 10.1 Å². The number of rotatable bonds is 4. The lowest BCUT2D eigenvalue weighted by Crippen LogP contribution is -2.29. The fourth-order valence-electron chi connectivity index (χ4n) is 2.57. The summed E-state index contributed by atoms with van der Waals surface area (Å²) in [6.07, 6.45) is 0. The Balaban J connectivity index is 1.85. The predicted octanol–water partition coefficient (Wildman–Crippen LogP) is 4.14. The van der Waals surface area contributed by atoms with Crippen LogP contribution >= 0.6 is 0 Å². The predicted molar refractivity (Wildman–Crippen MR) is 101 cm³/mol. The van der Waals surface area contributed by atoms with Gasteiger partial charge in [-0.2, -0.15) is 4.99 Å². The van der Waals surface area contributed by atoms with Crippen molar-refractivity contribution in [3.05, 3.63) is 71.7 Å². The van der Waals surface area contributed by atoms with E-state index in [0.717, 1.165) is 11.1 Å². The van der Waals surface area contributed by atoms with Gasteiger partial charge in [-0.15, -0.1) is 0 Å². The van der Waals surface area contributed by atoms with Crippen molar-refractivity contribution < 1.29 is 8.91 Å². The third kappa shape index (κ3) is 3.74. The van der Waals surface area contributed by atoms with E-state index < -0.39 is 0 Å². The van der Waals surface area contributed by atoms with Crippen LogP contribution in [0.2, 0.25) is 0 Å². The van der Waals surface area contributed by atoms with Gasteiger partial charge in [0.1, 0.15) is 5.82 Å². The van der Waals surface area contributed by atoms with Gasteiger partial charge in [-0.05, 0) is 17.2 Å². The molecule has 26 heavy (non-hydrogen) atoms. The Bertz CT molecular complexity index is 919. The van der Waals surface area contributed by atoms with E-state index in [1.165, 1.54) is 0 Å². The summed E-state index contributed by atoms with van der Waals surface area (Å²) in [6, 6.07) is 16.4. The fourth-order valence-corrected chi connectivity index (χ4v) is 2.57. The highest BCUT2D eigenvalue weighted by Crippen LogP contribution is 2.30. The molecule has 3 rings (SSSR count). The molecule has 0 saturated carbocycles. The van der Waals surface area contributed by atoms with Gasteiger partial charge < -0.3 is 15.2 Å². The van der Waals surface area contributed by atoms with Gasteiger partial charge in [-0.25, -0.2) is 4.39 Å². The smallest absolute Gasteiger partial charge is 0.253 e. The molecule has 0 saturated heterocycles. The summed E-state index contributed by atoms with van der Waals surface area (Å²) in [4.78, 5) is 5.81. The number of benzene rings is 2. The van der Waals surface area contributed by atoms with E-state index in [1.54, 1.807) is 37.2 Å². The van der Waals surface area contributed by atoms with Gasteiger partial charge in [0.25, 0.3) is 5.88 Å². The van der Waals surface area contributed by atoms with Gasteiger partial charge in [0.15, 0.2) is 5.96 Å². The Hall–Kier alpha value is -3.15. The van der Waals surface area contributed by atoms with Gasteiger partial charge in [0.05, 0.1) is 5.69 Å². The summed E-state index contributed by atoms with van der Waals surface area (Å²) < 4.78 is 19.8. The normalized spacial score (nSPS) is 12.8. The second-order valence-electron chi connectivity index (χ2n) is 6.28. The van der Waals surface area contributed by atoms with E-state index >= 15 is 0 Å². The second-order valence-corrected chi connectivity index (χ2v) is 6.28. The van der Waals surface area contributed by atoms with E-state index in [-0.39, 0.29) is 11.7 Å². The van der Waals surface area contributed by atoms with Crippen molar-refractivity contribution in [3.8, 4) is 11.1 Å². The molecule has 1 atom stereocenters. The van der Waals surface area contributed by atoms with Crippen LogP contribution in [0.25, 0.3) is 11.1 Å². The van der Waals surface area contributed by atoms with Crippen molar-refractivity contribution in [1.82, 2.24) is 10.1 Å². The average molecular weight is 352 g/mol. The summed E-state index contributed by atoms with van der Waals surface area (Å²) in [5.41, 5.74) is 8.68. The molecule has 0 amide bonds. The summed E-state index contributed by atoms with van der Waals surface area (Å²) in [5, 5.41) is 4.04. The number of hydrogen-bond acceptors (Lipinski definition) is 3. The van der Waals surface area contributed by atoms with Gasteiger partial charge in [-0.3, -0.25) is 0 Å². The summed E-state index contributed by atoms with van der Waals surface area (Å²) in [5.74, 6) is 0.236. The first-order valence-corrected chi connectivity index (χ1v) is 8.28. The maximum Gasteiger partial charge on any atom is 0.253 e. The van der Waals surface area contributed by atoms with Crippen LogP contribution in [0.1, 0.15) is 24.1 Å². The standard InChI is InChI=1S/C20H21FN4O/c1-13(18-12-19(26-24-18)23-20(22)25(2)3)15-9-10-16(17(21)11-15)14-7-5-4-6-8-14/h4-13H,1-3H3,(H2,22,23). The fraction of sp³-hybridized carbons (Fsp3) is 0.200. The Kier molecular flexibility index (Phi) is 5.02. The first kappa shape index (κ1) is 17.7. The number of aromatic nitrogens is 1. The van der Waals surface area contributed by atoms with Crippen LogP contribution < -0.4 is 5.73 Å². The zero-order chi connectivity index (χ0) is 18.7. The molecule has 1 heterocycles. The molecular weight excluding hydrogens is 331 g/mol. The number of guanidine groups is 1. The Labute approximate surface area is 151 Å². The van der Waals surface area contributed by atoms with Crippen LogP contribution in [0.3, 0.4) is 0 Å². The van der Waals surface area contributed by atoms with Crippen LogP contribution in [0.5, 0.6) is 0 Å². The molecule has 3 aromatic rings. The van der Waals surface area contributed by atoms with Crippen molar-refractivity contribution in [2.24, 2.45) is 10.7 Å². The minimum Gasteiger partial charge on any atom is -0.369 e. The Morgan fingerprint density at radius 1 is 1.15 bits per heavy atom. The molecule has 5 nitrogen and oxygen atoms in total. The monoisotopic (exact) mass is 352 g/mol. The zero-order valence-corrected chi connectivity index (χ0v) is 15.0. The third-order valence-electron chi connectivity index (χ3n) is 4.22. The quantitative estimate of drug-likeness (QED) is 0.566. The Morgan fingerprint density at radius 2 is 1.88 bits per heavy atom. The number of halogens is 1. The van der Waals surface area contributed by atoms with Crippen molar-refractivity contribution in [3.63, 3.8) is 0 Å².